The van der Waals surface area contributed by atoms with Gasteiger partial charge in [0.25, 0.3) is 0 Å². The van der Waals surface area contributed by atoms with Gasteiger partial charge in [0.2, 0.25) is 10.0 Å². The number of nitrogens with zero attached hydrogens (tertiary/aromatic N) is 2. The maximum atomic E-state index is 12.6. The molecule has 1 aliphatic heterocycles. The summed E-state index contributed by atoms with van der Waals surface area (Å²) in [7, 11) is -3.54. The van der Waals surface area contributed by atoms with Gasteiger partial charge in [-0.05, 0) is 24.6 Å². The number of sulfonamides is 1. The number of likely N-dealkylation sites (N-methyl/N-ethyl adjacent to an activating group) is 1. The largest absolute Gasteiger partial charge is 0.345 e. The first-order chi connectivity index (χ1) is 10.0. The number of aromatic nitrogens is 2. The molecule has 2 atom stereocenters. The van der Waals surface area contributed by atoms with Gasteiger partial charge in [-0.3, -0.25) is 0 Å². The van der Waals surface area contributed by atoms with Gasteiger partial charge in [0.05, 0.1) is 0 Å². The summed E-state index contributed by atoms with van der Waals surface area (Å²) in [6.07, 6.45) is 3.15. The zero-order chi connectivity index (χ0) is 15.0. The number of fused-ring (bicyclic) bond motifs is 1. The van der Waals surface area contributed by atoms with E-state index in [1.54, 1.807) is 18.3 Å². The molecule has 21 heavy (non-hydrogen) atoms. The molecular weight excluding hydrogens is 288 g/mol. The summed E-state index contributed by atoms with van der Waals surface area (Å²) in [4.78, 5) is 9.57. The maximum Gasteiger partial charge on any atom is 0.243 e. The molecule has 0 bridgehead atoms. The first-order valence-electron chi connectivity index (χ1n) is 7.18. The van der Waals surface area contributed by atoms with E-state index in [4.69, 9.17) is 0 Å². The summed E-state index contributed by atoms with van der Waals surface area (Å²) in [6, 6.07) is 3.47. The third-order valence-corrected chi connectivity index (χ3v) is 5.67. The highest BCUT2D eigenvalue weighted by atomic mass is 32.2. The predicted molar refractivity (Wildman–Crippen MR) is 81.5 cm³/mol. The van der Waals surface area contributed by atoms with E-state index in [0.717, 1.165) is 19.6 Å². The van der Waals surface area contributed by atoms with Crippen LogP contribution in [0.2, 0.25) is 0 Å². The molecule has 0 radical (unpaired) electrons. The van der Waals surface area contributed by atoms with Crippen LogP contribution in [0.15, 0.2) is 29.4 Å². The second kappa shape index (κ2) is 5.40. The standard InChI is InChI=1S/C14H20N4O2S/c1-3-18-8-10(2)12(9-18)17-21(19,20)13-7-16-14-11(13)5-4-6-15-14/h4-7,10,12,17H,3,8-9H2,1-2H3,(H,15,16)/t10-,12-/m0/s1. The van der Waals surface area contributed by atoms with E-state index in [-0.39, 0.29) is 10.9 Å². The topological polar surface area (TPSA) is 78.1 Å². The molecule has 0 aromatic carbocycles. The number of H-pyrrole nitrogens is 1. The Morgan fingerprint density at radius 2 is 2.29 bits per heavy atom. The predicted octanol–water partition coefficient (Wildman–Crippen LogP) is 1.18. The third-order valence-electron chi connectivity index (χ3n) is 4.14. The molecule has 114 valence electrons. The lowest BCUT2D eigenvalue weighted by Crippen LogP contribution is -2.39. The Morgan fingerprint density at radius 3 is 3.00 bits per heavy atom. The number of pyridine rings is 1. The molecule has 1 aliphatic rings. The van der Waals surface area contributed by atoms with Crippen LogP contribution < -0.4 is 4.72 Å². The smallest absolute Gasteiger partial charge is 0.243 e. The van der Waals surface area contributed by atoms with Crippen molar-refractivity contribution in [2.75, 3.05) is 19.6 Å². The lowest BCUT2D eigenvalue weighted by molar-refractivity contribution is 0.344. The third kappa shape index (κ3) is 2.68. The van der Waals surface area contributed by atoms with E-state index in [9.17, 15) is 8.42 Å². The van der Waals surface area contributed by atoms with Crippen molar-refractivity contribution in [3.8, 4) is 0 Å². The van der Waals surface area contributed by atoms with Crippen LogP contribution in [0.1, 0.15) is 13.8 Å². The van der Waals surface area contributed by atoms with Gasteiger partial charge in [-0.1, -0.05) is 13.8 Å². The molecule has 1 saturated heterocycles. The maximum absolute atomic E-state index is 12.6. The van der Waals surface area contributed by atoms with Crippen molar-refractivity contribution < 1.29 is 8.42 Å². The summed E-state index contributed by atoms with van der Waals surface area (Å²) in [5.41, 5.74) is 0.590. The molecular formula is C14H20N4O2S. The Labute approximate surface area is 124 Å². The van der Waals surface area contributed by atoms with Crippen LogP contribution in [0.25, 0.3) is 11.0 Å². The van der Waals surface area contributed by atoms with E-state index in [0.29, 0.717) is 17.0 Å². The lowest BCUT2D eigenvalue weighted by Gasteiger charge is -2.16. The molecule has 3 heterocycles. The van der Waals surface area contributed by atoms with Gasteiger partial charge in [-0.2, -0.15) is 0 Å². The Kier molecular flexibility index (Phi) is 3.73. The summed E-state index contributed by atoms with van der Waals surface area (Å²) in [6.45, 7) is 6.81. The van der Waals surface area contributed by atoms with Gasteiger partial charge >= 0.3 is 0 Å². The molecule has 6 nitrogen and oxygen atoms in total. The van der Waals surface area contributed by atoms with Crippen molar-refractivity contribution in [2.45, 2.75) is 24.8 Å². The Bertz CT molecular complexity index is 740. The van der Waals surface area contributed by atoms with Crippen LogP contribution >= 0.6 is 0 Å². The molecule has 2 N–H and O–H groups in total. The monoisotopic (exact) mass is 308 g/mol. The highest BCUT2D eigenvalue weighted by molar-refractivity contribution is 7.89. The highest BCUT2D eigenvalue weighted by Crippen LogP contribution is 2.23. The van der Waals surface area contributed by atoms with Crippen molar-refractivity contribution in [3.05, 3.63) is 24.5 Å². The van der Waals surface area contributed by atoms with Crippen molar-refractivity contribution >= 4 is 21.1 Å². The van der Waals surface area contributed by atoms with E-state index in [1.165, 1.54) is 6.20 Å². The van der Waals surface area contributed by atoms with E-state index < -0.39 is 10.0 Å². The number of rotatable bonds is 4. The highest BCUT2D eigenvalue weighted by Gasteiger charge is 2.33. The van der Waals surface area contributed by atoms with E-state index in [1.807, 2.05) is 0 Å². The average Bonchev–Trinajstić information content (AvgIpc) is 3.03. The fourth-order valence-electron chi connectivity index (χ4n) is 2.89. The minimum Gasteiger partial charge on any atom is -0.345 e. The second-order valence-electron chi connectivity index (χ2n) is 5.61. The van der Waals surface area contributed by atoms with Gasteiger partial charge in [0.1, 0.15) is 10.5 Å². The fraction of sp³-hybridized carbons (Fsp3) is 0.500. The molecule has 0 saturated carbocycles. The van der Waals surface area contributed by atoms with Crippen molar-refractivity contribution in [1.82, 2.24) is 19.6 Å². The molecule has 0 spiro atoms. The van der Waals surface area contributed by atoms with Crippen molar-refractivity contribution in [1.29, 1.82) is 0 Å². The minimum atomic E-state index is -3.54. The SMILES string of the molecule is CCN1C[C@H](NS(=O)(=O)c2c[nH]c3ncccc23)[C@@H](C)C1. The Morgan fingerprint density at radius 1 is 1.48 bits per heavy atom. The Balaban J connectivity index is 1.88. The lowest BCUT2D eigenvalue weighted by atomic mass is 10.1. The normalized spacial score (nSPS) is 23.9. The minimum absolute atomic E-state index is 0.0448. The van der Waals surface area contributed by atoms with Gasteiger partial charge in [0, 0.05) is 36.9 Å². The second-order valence-corrected chi connectivity index (χ2v) is 7.29. The number of likely N-dealkylation sites (tertiary alicyclic amines) is 1. The first kappa shape index (κ1) is 14.5. The quantitative estimate of drug-likeness (QED) is 0.889. The van der Waals surface area contributed by atoms with Crippen molar-refractivity contribution in [2.24, 2.45) is 5.92 Å². The molecule has 1 fully saturated rings. The van der Waals surface area contributed by atoms with Crippen LogP contribution in [0, 0.1) is 5.92 Å². The fourth-order valence-corrected chi connectivity index (χ4v) is 4.40. The number of hydrogen-bond acceptors (Lipinski definition) is 4. The van der Waals surface area contributed by atoms with Crippen LogP contribution in [0.5, 0.6) is 0 Å². The zero-order valence-corrected chi connectivity index (χ0v) is 13.0. The average molecular weight is 308 g/mol. The summed E-state index contributed by atoms with van der Waals surface area (Å²) >= 11 is 0. The molecule has 0 unspecified atom stereocenters. The molecule has 2 aromatic rings. The first-order valence-corrected chi connectivity index (χ1v) is 8.66. The summed E-state index contributed by atoms with van der Waals surface area (Å²) in [5.74, 6) is 0.308. The number of aromatic amines is 1. The van der Waals surface area contributed by atoms with Gasteiger partial charge < -0.3 is 9.88 Å². The van der Waals surface area contributed by atoms with Crippen LogP contribution in [-0.2, 0) is 10.0 Å². The van der Waals surface area contributed by atoms with Crippen LogP contribution in [0.3, 0.4) is 0 Å². The van der Waals surface area contributed by atoms with Gasteiger partial charge in [-0.25, -0.2) is 18.1 Å². The van der Waals surface area contributed by atoms with E-state index in [2.05, 4.69) is 33.4 Å². The van der Waals surface area contributed by atoms with Gasteiger partial charge in [0.15, 0.2) is 0 Å². The zero-order valence-electron chi connectivity index (χ0n) is 12.2. The van der Waals surface area contributed by atoms with Crippen LogP contribution in [0.4, 0.5) is 0 Å². The molecule has 7 heteroatoms. The summed E-state index contributed by atoms with van der Waals surface area (Å²) in [5, 5.41) is 0.628. The number of nitrogens with one attached hydrogen (secondary N) is 2. The van der Waals surface area contributed by atoms with E-state index >= 15 is 0 Å². The van der Waals surface area contributed by atoms with Gasteiger partial charge in [-0.15, -0.1) is 0 Å². The Hall–Kier alpha value is -1.44. The molecule has 2 aromatic heterocycles. The van der Waals surface area contributed by atoms with Crippen LogP contribution in [-0.4, -0.2) is 49.0 Å². The molecule has 0 aliphatic carbocycles. The molecule has 3 rings (SSSR count). The number of hydrogen-bond donors (Lipinski definition) is 2. The molecule has 0 amide bonds. The van der Waals surface area contributed by atoms with Crippen molar-refractivity contribution in [3.63, 3.8) is 0 Å². The summed E-state index contributed by atoms with van der Waals surface area (Å²) < 4.78 is 28.1.